The average molecular weight is 346 g/mol. The lowest BCUT2D eigenvalue weighted by Crippen LogP contribution is -2.14. The third kappa shape index (κ3) is 4.03. The summed E-state index contributed by atoms with van der Waals surface area (Å²) >= 11 is 0. The number of hydrogen-bond acceptors (Lipinski definition) is 6. The van der Waals surface area contributed by atoms with E-state index in [4.69, 9.17) is 9.47 Å². The van der Waals surface area contributed by atoms with Crippen molar-refractivity contribution in [2.45, 2.75) is 20.8 Å². The molecule has 1 N–H and O–H groups in total. The number of nitro groups is 1. The summed E-state index contributed by atoms with van der Waals surface area (Å²) in [4.78, 5) is 37.4. The molecule has 0 saturated carbocycles. The number of rotatable bonds is 7. The van der Waals surface area contributed by atoms with Gasteiger partial charge < -0.3 is 14.5 Å². The Bertz CT molecular complexity index is 825. The normalized spacial score (nSPS) is 10.4. The number of non-ortho nitro benzene ring substituents is 1. The van der Waals surface area contributed by atoms with Crippen LogP contribution in [-0.4, -0.2) is 34.9 Å². The van der Waals surface area contributed by atoms with Gasteiger partial charge in [0.25, 0.3) is 5.69 Å². The van der Waals surface area contributed by atoms with Crippen LogP contribution in [0.4, 0.5) is 5.69 Å². The maximum Gasteiger partial charge on any atom is 0.340 e. The van der Waals surface area contributed by atoms with Crippen LogP contribution in [0.2, 0.25) is 0 Å². The zero-order valence-electron chi connectivity index (χ0n) is 14.1. The van der Waals surface area contributed by atoms with Crippen molar-refractivity contribution in [1.29, 1.82) is 0 Å². The lowest BCUT2D eigenvalue weighted by Gasteiger charge is -2.05. The Balaban J connectivity index is 2.14. The number of nitrogens with zero attached hydrogens (tertiary/aromatic N) is 1. The van der Waals surface area contributed by atoms with Crippen molar-refractivity contribution >= 4 is 17.4 Å². The Morgan fingerprint density at radius 3 is 2.64 bits per heavy atom. The average Bonchev–Trinajstić information content (AvgIpc) is 2.87. The molecule has 2 rings (SSSR count). The van der Waals surface area contributed by atoms with Crippen LogP contribution >= 0.6 is 0 Å². The van der Waals surface area contributed by atoms with Gasteiger partial charge in [0.15, 0.2) is 6.61 Å². The molecular formula is C17H18N2O6. The number of ketones is 1. The first-order chi connectivity index (χ1) is 11.8. The van der Waals surface area contributed by atoms with Crippen LogP contribution in [0.1, 0.15) is 39.0 Å². The minimum absolute atomic E-state index is 0.124. The second-order valence-electron chi connectivity index (χ2n) is 5.31. The molecule has 25 heavy (non-hydrogen) atoms. The molecule has 0 atom stereocenters. The van der Waals surface area contributed by atoms with E-state index in [2.05, 4.69) is 4.98 Å². The number of carbonyl (C=O) groups excluding carboxylic acids is 2. The number of aromatic amines is 1. The minimum Gasteiger partial charge on any atom is -0.485 e. The van der Waals surface area contributed by atoms with Gasteiger partial charge in [-0.2, -0.15) is 0 Å². The van der Waals surface area contributed by atoms with Crippen LogP contribution in [-0.2, 0) is 4.74 Å². The predicted octanol–water partition coefficient (Wildman–Crippen LogP) is 2.98. The molecule has 1 aromatic heterocycles. The van der Waals surface area contributed by atoms with E-state index >= 15 is 0 Å². The Morgan fingerprint density at radius 1 is 1.28 bits per heavy atom. The summed E-state index contributed by atoms with van der Waals surface area (Å²) < 4.78 is 10.3. The zero-order chi connectivity index (χ0) is 18.6. The van der Waals surface area contributed by atoms with E-state index in [0.29, 0.717) is 16.8 Å². The van der Waals surface area contributed by atoms with Gasteiger partial charge in [0.2, 0.25) is 5.78 Å². The van der Waals surface area contributed by atoms with Crippen molar-refractivity contribution in [3.05, 3.63) is 56.9 Å². The summed E-state index contributed by atoms with van der Waals surface area (Å²) in [7, 11) is 0. The van der Waals surface area contributed by atoms with Gasteiger partial charge in [-0.1, -0.05) is 6.07 Å². The molecule has 0 saturated heterocycles. The van der Waals surface area contributed by atoms with Gasteiger partial charge >= 0.3 is 5.97 Å². The molecule has 0 aliphatic carbocycles. The standard InChI is InChI=1S/C17H18N2O6/c1-4-24-17(21)15-10(2)16(18-11(15)3)14(20)9-25-13-7-5-6-12(8-13)19(22)23/h5-8,18H,4,9H2,1-3H3. The molecule has 0 radical (unpaired) electrons. The molecule has 0 aliphatic rings. The number of ether oxygens (including phenoxy) is 2. The highest BCUT2D eigenvalue weighted by Crippen LogP contribution is 2.21. The smallest absolute Gasteiger partial charge is 0.340 e. The van der Waals surface area contributed by atoms with E-state index in [1.165, 1.54) is 24.3 Å². The van der Waals surface area contributed by atoms with Crippen molar-refractivity contribution in [3.63, 3.8) is 0 Å². The maximum atomic E-state index is 12.4. The second kappa shape index (κ2) is 7.61. The van der Waals surface area contributed by atoms with Crippen molar-refractivity contribution in [2.24, 2.45) is 0 Å². The Hall–Kier alpha value is -3.16. The summed E-state index contributed by atoms with van der Waals surface area (Å²) in [5, 5.41) is 10.7. The fraction of sp³-hybridized carbons (Fsp3) is 0.294. The van der Waals surface area contributed by atoms with Crippen molar-refractivity contribution in [3.8, 4) is 5.75 Å². The molecular weight excluding hydrogens is 328 g/mol. The number of nitro benzene ring substituents is 1. The number of aryl methyl sites for hydroxylation is 1. The van der Waals surface area contributed by atoms with Crippen LogP contribution in [0.5, 0.6) is 5.75 Å². The van der Waals surface area contributed by atoms with E-state index < -0.39 is 10.9 Å². The quantitative estimate of drug-likeness (QED) is 0.357. The number of benzene rings is 1. The molecule has 0 bridgehead atoms. The summed E-state index contributed by atoms with van der Waals surface area (Å²) in [6, 6.07) is 5.57. The van der Waals surface area contributed by atoms with E-state index in [1.54, 1.807) is 20.8 Å². The first-order valence-corrected chi connectivity index (χ1v) is 7.61. The summed E-state index contributed by atoms with van der Waals surface area (Å²) in [5.41, 5.74) is 1.49. The molecule has 132 valence electrons. The van der Waals surface area contributed by atoms with E-state index in [1.807, 2.05) is 0 Å². The molecule has 1 aromatic carbocycles. The number of Topliss-reactive ketones (excluding diaryl/α,β-unsaturated/α-hetero) is 1. The lowest BCUT2D eigenvalue weighted by atomic mass is 10.1. The Labute approximate surface area is 143 Å². The van der Waals surface area contributed by atoms with E-state index in [9.17, 15) is 19.7 Å². The van der Waals surface area contributed by atoms with Gasteiger partial charge in [-0.15, -0.1) is 0 Å². The van der Waals surface area contributed by atoms with Gasteiger partial charge in [0.1, 0.15) is 5.75 Å². The number of aromatic nitrogens is 1. The number of esters is 1. The SMILES string of the molecule is CCOC(=O)c1c(C)[nH]c(C(=O)COc2cccc([N+](=O)[O-])c2)c1C. The topological polar surface area (TPSA) is 112 Å². The third-order valence-corrected chi connectivity index (χ3v) is 3.59. The summed E-state index contributed by atoms with van der Waals surface area (Å²) in [5.74, 6) is -0.649. The van der Waals surface area contributed by atoms with Crippen LogP contribution in [0, 0.1) is 24.0 Å². The molecule has 2 aromatic rings. The molecule has 8 nitrogen and oxygen atoms in total. The van der Waals surface area contributed by atoms with Gasteiger partial charge in [-0.25, -0.2) is 4.79 Å². The molecule has 0 amide bonds. The molecule has 0 fully saturated rings. The van der Waals surface area contributed by atoms with E-state index in [-0.39, 0.29) is 36.1 Å². The van der Waals surface area contributed by atoms with Gasteiger partial charge in [0, 0.05) is 11.8 Å². The third-order valence-electron chi connectivity index (χ3n) is 3.59. The highest BCUT2D eigenvalue weighted by molar-refractivity contribution is 6.02. The first kappa shape index (κ1) is 18.2. The molecule has 1 heterocycles. The molecule has 0 aliphatic heterocycles. The van der Waals surface area contributed by atoms with Crippen molar-refractivity contribution < 1.29 is 24.0 Å². The fourth-order valence-electron chi connectivity index (χ4n) is 2.45. The Kier molecular flexibility index (Phi) is 5.53. The van der Waals surface area contributed by atoms with Crippen molar-refractivity contribution in [2.75, 3.05) is 13.2 Å². The summed E-state index contributed by atoms with van der Waals surface area (Å²) in [6.07, 6.45) is 0. The predicted molar refractivity (Wildman–Crippen MR) is 89.1 cm³/mol. The van der Waals surface area contributed by atoms with Gasteiger partial charge in [0.05, 0.1) is 28.9 Å². The van der Waals surface area contributed by atoms with Gasteiger partial charge in [-0.05, 0) is 32.4 Å². The second-order valence-corrected chi connectivity index (χ2v) is 5.31. The maximum absolute atomic E-state index is 12.4. The minimum atomic E-state index is -0.543. The van der Waals surface area contributed by atoms with Crippen LogP contribution in [0.25, 0.3) is 0 Å². The number of hydrogen-bond donors (Lipinski definition) is 1. The lowest BCUT2D eigenvalue weighted by molar-refractivity contribution is -0.384. The highest BCUT2D eigenvalue weighted by Gasteiger charge is 2.23. The molecule has 0 unspecified atom stereocenters. The number of carbonyl (C=O) groups is 2. The monoisotopic (exact) mass is 346 g/mol. The summed E-state index contributed by atoms with van der Waals surface area (Å²) in [6.45, 7) is 4.95. The molecule has 0 spiro atoms. The number of H-pyrrole nitrogens is 1. The first-order valence-electron chi connectivity index (χ1n) is 7.61. The zero-order valence-corrected chi connectivity index (χ0v) is 14.1. The van der Waals surface area contributed by atoms with Crippen LogP contribution in [0.3, 0.4) is 0 Å². The fourth-order valence-corrected chi connectivity index (χ4v) is 2.45. The van der Waals surface area contributed by atoms with Gasteiger partial charge in [-0.3, -0.25) is 14.9 Å². The van der Waals surface area contributed by atoms with E-state index in [0.717, 1.165) is 0 Å². The van der Waals surface area contributed by atoms with Crippen LogP contribution < -0.4 is 4.74 Å². The Morgan fingerprint density at radius 2 is 2.00 bits per heavy atom. The van der Waals surface area contributed by atoms with Crippen molar-refractivity contribution in [1.82, 2.24) is 4.98 Å². The molecule has 8 heteroatoms. The largest absolute Gasteiger partial charge is 0.485 e. The highest BCUT2D eigenvalue weighted by atomic mass is 16.6. The number of nitrogens with one attached hydrogen (secondary N) is 1. The van der Waals surface area contributed by atoms with Crippen LogP contribution in [0.15, 0.2) is 24.3 Å².